The molecule has 108 valence electrons. The summed E-state index contributed by atoms with van der Waals surface area (Å²) in [7, 11) is 0. The van der Waals surface area contributed by atoms with Crippen LogP contribution in [0.5, 0.6) is 0 Å². The lowest BCUT2D eigenvalue weighted by Crippen LogP contribution is -2.35. The first kappa shape index (κ1) is 14.6. The SMILES string of the molecule is CC(=O)Cc1ccc(N2CCCC(C)C2)c(C(=O)O)c1. The lowest BCUT2D eigenvalue weighted by Gasteiger charge is -2.33. The fourth-order valence-electron chi connectivity index (χ4n) is 2.84. The smallest absolute Gasteiger partial charge is 0.337 e. The van der Waals surface area contributed by atoms with Gasteiger partial charge in [0.1, 0.15) is 5.78 Å². The van der Waals surface area contributed by atoms with Crippen molar-refractivity contribution >= 4 is 17.4 Å². The Kier molecular flexibility index (Phi) is 4.42. The number of benzene rings is 1. The van der Waals surface area contributed by atoms with Crippen molar-refractivity contribution in [1.29, 1.82) is 0 Å². The van der Waals surface area contributed by atoms with Crippen molar-refractivity contribution < 1.29 is 14.7 Å². The molecule has 1 fully saturated rings. The molecule has 0 bridgehead atoms. The maximum Gasteiger partial charge on any atom is 0.337 e. The van der Waals surface area contributed by atoms with Crippen molar-refractivity contribution in [2.45, 2.75) is 33.1 Å². The van der Waals surface area contributed by atoms with E-state index in [1.54, 1.807) is 6.07 Å². The Labute approximate surface area is 119 Å². The lowest BCUT2D eigenvalue weighted by molar-refractivity contribution is -0.116. The Bertz CT molecular complexity index is 524. The molecule has 1 saturated heterocycles. The number of carboxylic acids is 1. The molecule has 0 saturated carbocycles. The van der Waals surface area contributed by atoms with Crippen LogP contribution in [0.4, 0.5) is 5.69 Å². The second-order valence-corrected chi connectivity index (χ2v) is 5.73. The maximum absolute atomic E-state index is 11.5. The van der Waals surface area contributed by atoms with E-state index < -0.39 is 5.97 Å². The quantitative estimate of drug-likeness (QED) is 0.918. The standard InChI is InChI=1S/C16H21NO3/c1-11-4-3-7-17(10-11)15-6-5-13(8-12(2)18)9-14(15)16(19)20/h5-6,9,11H,3-4,7-8,10H2,1-2H3,(H,19,20). The maximum atomic E-state index is 11.5. The zero-order valence-corrected chi connectivity index (χ0v) is 12.1. The predicted octanol–water partition coefficient (Wildman–Crippen LogP) is 2.75. The second kappa shape index (κ2) is 6.07. The van der Waals surface area contributed by atoms with Gasteiger partial charge in [-0.2, -0.15) is 0 Å². The van der Waals surface area contributed by atoms with E-state index in [4.69, 9.17) is 0 Å². The molecule has 0 aromatic heterocycles. The van der Waals surface area contributed by atoms with Gasteiger partial charge in [0.2, 0.25) is 0 Å². The molecule has 0 aliphatic carbocycles. The summed E-state index contributed by atoms with van der Waals surface area (Å²) in [5.74, 6) is -0.299. The highest BCUT2D eigenvalue weighted by Crippen LogP contribution is 2.27. The number of Topliss-reactive ketones (excluding diaryl/α,β-unsaturated/α-hetero) is 1. The average molecular weight is 275 g/mol. The van der Waals surface area contributed by atoms with Crippen LogP contribution < -0.4 is 4.90 Å². The van der Waals surface area contributed by atoms with Crippen molar-refractivity contribution in [3.63, 3.8) is 0 Å². The topological polar surface area (TPSA) is 57.6 Å². The van der Waals surface area contributed by atoms with Crippen molar-refractivity contribution in [3.05, 3.63) is 29.3 Å². The number of nitrogens with zero attached hydrogens (tertiary/aromatic N) is 1. The summed E-state index contributed by atoms with van der Waals surface area (Å²) in [5, 5.41) is 9.41. The van der Waals surface area contributed by atoms with Crippen molar-refractivity contribution in [3.8, 4) is 0 Å². The van der Waals surface area contributed by atoms with Crippen LogP contribution in [0, 0.1) is 5.92 Å². The molecule has 2 rings (SSSR count). The van der Waals surface area contributed by atoms with E-state index in [1.807, 2.05) is 12.1 Å². The van der Waals surface area contributed by atoms with Crippen LogP contribution in [-0.2, 0) is 11.2 Å². The van der Waals surface area contributed by atoms with Crippen LogP contribution >= 0.6 is 0 Å². The van der Waals surface area contributed by atoms with Crippen LogP contribution in [0.1, 0.15) is 42.6 Å². The molecule has 4 heteroatoms. The van der Waals surface area contributed by atoms with E-state index in [9.17, 15) is 14.7 Å². The molecule has 4 nitrogen and oxygen atoms in total. The lowest BCUT2D eigenvalue weighted by atomic mass is 9.97. The normalized spacial score (nSPS) is 18.9. The van der Waals surface area contributed by atoms with Gasteiger partial charge in [0, 0.05) is 19.5 Å². The second-order valence-electron chi connectivity index (χ2n) is 5.73. The number of hydrogen-bond acceptors (Lipinski definition) is 3. The van der Waals surface area contributed by atoms with Gasteiger partial charge in [-0.15, -0.1) is 0 Å². The van der Waals surface area contributed by atoms with Crippen LogP contribution in [0.3, 0.4) is 0 Å². The molecular formula is C16H21NO3. The molecule has 0 radical (unpaired) electrons. The zero-order chi connectivity index (χ0) is 14.7. The molecule has 20 heavy (non-hydrogen) atoms. The van der Waals surface area contributed by atoms with Crippen molar-refractivity contribution in [2.24, 2.45) is 5.92 Å². The van der Waals surface area contributed by atoms with Gasteiger partial charge < -0.3 is 10.0 Å². The first-order valence-electron chi connectivity index (χ1n) is 7.08. The Hall–Kier alpha value is -1.84. The van der Waals surface area contributed by atoms with Crippen LogP contribution in [-0.4, -0.2) is 29.9 Å². The van der Waals surface area contributed by atoms with Gasteiger partial charge in [0.15, 0.2) is 0 Å². The fourth-order valence-corrected chi connectivity index (χ4v) is 2.84. The number of carbonyl (C=O) groups excluding carboxylic acids is 1. The van der Waals surface area contributed by atoms with Gasteiger partial charge in [0.05, 0.1) is 11.3 Å². The molecule has 0 spiro atoms. The van der Waals surface area contributed by atoms with Gasteiger partial charge in [-0.05, 0) is 43.4 Å². The first-order valence-corrected chi connectivity index (χ1v) is 7.08. The molecule has 1 unspecified atom stereocenters. The number of carbonyl (C=O) groups is 2. The predicted molar refractivity (Wildman–Crippen MR) is 78.4 cm³/mol. The van der Waals surface area contributed by atoms with Gasteiger partial charge >= 0.3 is 5.97 Å². The van der Waals surface area contributed by atoms with E-state index >= 15 is 0 Å². The third-order valence-corrected chi connectivity index (χ3v) is 3.74. The summed E-state index contributed by atoms with van der Waals surface area (Å²) < 4.78 is 0. The molecule has 1 aromatic carbocycles. The Morgan fingerprint density at radius 2 is 2.15 bits per heavy atom. The summed E-state index contributed by atoms with van der Waals surface area (Å²) in [6.45, 7) is 5.50. The Balaban J connectivity index is 2.32. The Morgan fingerprint density at radius 1 is 1.40 bits per heavy atom. The van der Waals surface area contributed by atoms with E-state index in [-0.39, 0.29) is 12.2 Å². The highest BCUT2D eigenvalue weighted by Gasteiger charge is 2.21. The first-order chi connectivity index (χ1) is 9.47. The van der Waals surface area contributed by atoms with E-state index in [0.717, 1.165) is 30.8 Å². The van der Waals surface area contributed by atoms with Crippen molar-refractivity contribution in [1.82, 2.24) is 0 Å². The molecule has 1 atom stereocenters. The summed E-state index contributed by atoms with van der Waals surface area (Å²) >= 11 is 0. The van der Waals surface area contributed by atoms with Crippen molar-refractivity contribution in [2.75, 3.05) is 18.0 Å². The molecule has 1 heterocycles. The molecule has 0 amide bonds. The summed E-state index contributed by atoms with van der Waals surface area (Å²) in [6, 6.07) is 5.35. The third kappa shape index (κ3) is 3.38. The van der Waals surface area contributed by atoms with Gasteiger partial charge in [-0.1, -0.05) is 13.0 Å². The molecule has 1 aliphatic rings. The molecular weight excluding hydrogens is 254 g/mol. The third-order valence-electron chi connectivity index (χ3n) is 3.74. The highest BCUT2D eigenvalue weighted by atomic mass is 16.4. The molecule has 1 aromatic rings. The minimum Gasteiger partial charge on any atom is -0.478 e. The monoisotopic (exact) mass is 275 g/mol. The number of rotatable bonds is 4. The summed E-state index contributed by atoms with van der Waals surface area (Å²) in [6.07, 6.45) is 2.58. The average Bonchev–Trinajstić information content (AvgIpc) is 2.37. The van der Waals surface area contributed by atoms with Gasteiger partial charge in [-0.3, -0.25) is 4.79 Å². The minimum absolute atomic E-state index is 0.0423. The summed E-state index contributed by atoms with van der Waals surface area (Å²) in [4.78, 5) is 24.8. The van der Waals surface area contributed by atoms with Gasteiger partial charge in [0.25, 0.3) is 0 Å². The number of carboxylic acid groups (broad SMARTS) is 1. The van der Waals surface area contributed by atoms with E-state index in [1.165, 1.54) is 13.3 Å². The largest absolute Gasteiger partial charge is 0.478 e. The van der Waals surface area contributed by atoms with Crippen LogP contribution in [0.2, 0.25) is 0 Å². The number of piperidine rings is 1. The highest BCUT2D eigenvalue weighted by molar-refractivity contribution is 5.95. The number of ketones is 1. The Morgan fingerprint density at radius 3 is 2.75 bits per heavy atom. The van der Waals surface area contributed by atoms with E-state index in [2.05, 4.69) is 11.8 Å². The van der Waals surface area contributed by atoms with Gasteiger partial charge in [-0.25, -0.2) is 4.79 Å². The minimum atomic E-state index is -0.927. The number of aromatic carboxylic acids is 1. The molecule has 1 aliphatic heterocycles. The van der Waals surface area contributed by atoms with Crippen LogP contribution in [0.15, 0.2) is 18.2 Å². The van der Waals surface area contributed by atoms with E-state index in [0.29, 0.717) is 11.5 Å². The number of anilines is 1. The molecule has 1 N–H and O–H groups in total. The zero-order valence-electron chi connectivity index (χ0n) is 12.1. The number of hydrogen-bond donors (Lipinski definition) is 1. The van der Waals surface area contributed by atoms with Crippen LogP contribution in [0.25, 0.3) is 0 Å². The summed E-state index contributed by atoms with van der Waals surface area (Å²) in [5.41, 5.74) is 1.85. The fraction of sp³-hybridized carbons (Fsp3) is 0.500.